The molecule has 0 bridgehead atoms. The zero-order valence-electron chi connectivity index (χ0n) is 8.23. The number of nitrogens with zero attached hydrogens (tertiary/aromatic N) is 1. The van der Waals surface area contributed by atoms with Crippen LogP contribution in [0.1, 0.15) is 11.7 Å². The van der Waals surface area contributed by atoms with Crippen molar-refractivity contribution in [2.45, 2.75) is 6.10 Å². The Morgan fingerprint density at radius 2 is 2.14 bits per heavy atom. The Labute approximate surface area is 83.8 Å². The van der Waals surface area contributed by atoms with Crippen molar-refractivity contribution < 1.29 is 4.74 Å². The summed E-state index contributed by atoms with van der Waals surface area (Å²) in [7, 11) is 1.71. The summed E-state index contributed by atoms with van der Waals surface area (Å²) in [6, 6.07) is 10.1. The van der Waals surface area contributed by atoms with E-state index in [0.717, 1.165) is 24.5 Å². The van der Waals surface area contributed by atoms with Crippen molar-refractivity contribution in [1.82, 2.24) is 5.32 Å². The Morgan fingerprint density at radius 1 is 1.36 bits per heavy atom. The highest BCUT2D eigenvalue weighted by Crippen LogP contribution is 2.18. The maximum absolute atomic E-state index is 5.43. The third-order valence-electron chi connectivity index (χ3n) is 2.29. The highest BCUT2D eigenvalue weighted by atomic mass is 16.5. The Hall–Kier alpha value is -1.35. The van der Waals surface area contributed by atoms with Crippen molar-refractivity contribution in [3.05, 3.63) is 35.9 Å². The lowest BCUT2D eigenvalue weighted by Gasteiger charge is -2.15. The molecule has 1 atom stereocenters. The van der Waals surface area contributed by atoms with Gasteiger partial charge < -0.3 is 10.1 Å². The van der Waals surface area contributed by atoms with Gasteiger partial charge in [-0.2, -0.15) is 0 Å². The molecule has 0 aromatic heterocycles. The number of amidine groups is 1. The molecule has 0 amide bonds. The van der Waals surface area contributed by atoms with Crippen LogP contribution in [0.15, 0.2) is 35.3 Å². The van der Waals surface area contributed by atoms with Gasteiger partial charge in [0.1, 0.15) is 11.9 Å². The number of nitrogens with one attached hydrogen (secondary N) is 1. The first-order chi connectivity index (χ1) is 6.92. The second kappa shape index (κ2) is 4.24. The number of benzene rings is 1. The van der Waals surface area contributed by atoms with Crippen LogP contribution >= 0.6 is 0 Å². The number of ether oxygens (including phenoxy) is 1. The van der Waals surface area contributed by atoms with E-state index in [-0.39, 0.29) is 6.10 Å². The van der Waals surface area contributed by atoms with Crippen LogP contribution in [0.25, 0.3) is 0 Å². The van der Waals surface area contributed by atoms with Gasteiger partial charge in [0.2, 0.25) is 0 Å². The summed E-state index contributed by atoms with van der Waals surface area (Å²) in [5, 5.41) is 3.23. The van der Waals surface area contributed by atoms with Gasteiger partial charge in [-0.05, 0) is 5.56 Å². The van der Waals surface area contributed by atoms with Crippen LogP contribution in [0.3, 0.4) is 0 Å². The highest BCUT2D eigenvalue weighted by molar-refractivity contribution is 5.88. The summed E-state index contributed by atoms with van der Waals surface area (Å²) >= 11 is 0. The normalized spacial score (nSPS) is 17.4. The first-order valence-electron chi connectivity index (χ1n) is 4.78. The number of methoxy groups -OCH3 is 1. The van der Waals surface area contributed by atoms with E-state index in [1.54, 1.807) is 7.11 Å². The van der Waals surface area contributed by atoms with Crippen molar-refractivity contribution >= 4 is 5.84 Å². The zero-order valence-corrected chi connectivity index (χ0v) is 8.23. The SMILES string of the molecule is COC(C1=NCCN1)c1ccccc1. The summed E-state index contributed by atoms with van der Waals surface area (Å²) in [5.74, 6) is 0.943. The molecule has 1 N–H and O–H groups in total. The van der Waals surface area contributed by atoms with Gasteiger partial charge in [0.05, 0.1) is 6.54 Å². The van der Waals surface area contributed by atoms with E-state index >= 15 is 0 Å². The second-order valence-electron chi connectivity index (χ2n) is 3.22. The fourth-order valence-electron chi connectivity index (χ4n) is 1.63. The molecule has 1 aromatic rings. The largest absolute Gasteiger partial charge is 0.369 e. The quantitative estimate of drug-likeness (QED) is 0.781. The third kappa shape index (κ3) is 1.77. The highest BCUT2D eigenvalue weighted by Gasteiger charge is 2.19. The molecule has 0 spiro atoms. The molecular formula is C11H14N2O. The summed E-state index contributed by atoms with van der Waals surface area (Å²) in [6.07, 6.45) is -0.0429. The van der Waals surface area contributed by atoms with Crippen LogP contribution in [0, 0.1) is 0 Å². The molecule has 1 unspecified atom stereocenters. The van der Waals surface area contributed by atoms with Crippen molar-refractivity contribution in [3.8, 4) is 0 Å². The van der Waals surface area contributed by atoms with E-state index in [9.17, 15) is 0 Å². The van der Waals surface area contributed by atoms with Gasteiger partial charge in [-0.1, -0.05) is 30.3 Å². The topological polar surface area (TPSA) is 33.6 Å². The summed E-state index contributed by atoms with van der Waals surface area (Å²) in [5.41, 5.74) is 1.14. The molecule has 2 rings (SSSR count). The summed E-state index contributed by atoms with van der Waals surface area (Å²) in [4.78, 5) is 4.36. The van der Waals surface area contributed by atoms with Crippen LogP contribution in [0.5, 0.6) is 0 Å². The van der Waals surface area contributed by atoms with Crippen LogP contribution in [-0.2, 0) is 4.74 Å². The minimum Gasteiger partial charge on any atom is -0.369 e. The average molecular weight is 190 g/mol. The lowest BCUT2D eigenvalue weighted by Crippen LogP contribution is -2.26. The zero-order chi connectivity index (χ0) is 9.80. The number of aliphatic imine (C=N–C) groups is 1. The van der Waals surface area contributed by atoms with Crippen LogP contribution in [-0.4, -0.2) is 26.0 Å². The molecule has 3 heteroatoms. The molecule has 0 fully saturated rings. The lowest BCUT2D eigenvalue weighted by atomic mass is 10.1. The van der Waals surface area contributed by atoms with Gasteiger partial charge in [0, 0.05) is 13.7 Å². The fraction of sp³-hybridized carbons (Fsp3) is 0.364. The first kappa shape index (κ1) is 9.21. The minimum absolute atomic E-state index is 0.0429. The molecule has 0 radical (unpaired) electrons. The van der Waals surface area contributed by atoms with Gasteiger partial charge in [-0.25, -0.2) is 0 Å². The van der Waals surface area contributed by atoms with Crippen molar-refractivity contribution in [3.63, 3.8) is 0 Å². The van der Waals surface area contributed by atoms with Gasteiger partial charge in [0.15, 0.2) is 0 Å². The lowest BCUT2D eigenvalue weighted by molar-refractivity contribution is 0.155. The molecular weight excluding hydrogens is 176 g/mol. The Morgan fingerprint density at radius 3 is 2.71 bits per heavy atom. The van der Waals surface area contributed by atoms with Crippen molar-refractivity contribution in [1.29, 1.82) is 0 Å². The van der Waals surface area contributed by atoms with Gasteiger partial charge in [-0.15, -0.1) is 0 Å². The summed E-state index contributed by atoms with van der Waals surface area (Å²) in [6.45, 7) is 1.77. The van der Waals surface area contributed by atoms with Crippen molar-refractivity contribution in [2.75, 3.05) is 20.2 Å². The number of rotatable bonds is 3. The predicted molar refractivity (Wildman–Crippen MR) is 56.5 cm³/mol. The Balaban J connectivity index is 2.21. The fourth-order valence-corrected chi connectivity index (χ4v) is 1.63. The van der Waals surface area contributed by atoms with E-state index in [1.807, 2.05) is 18.2 Å². The van der Waals surface area contributed by atoms with E-state index in [2.05, 4.69) is 22.4 Å². The maximum atomic E-state index is 5.43. The number of hydrogen-bond donors (Lipinski definition) is 1. The average Bonchev–Trinajstić information content (AvgIpc) is 2.74. The summed E-state index contributed by atoms with van der Waals surface area (Å²) < 4.78 is 5.43. The molecule has 0 saturated carbocycles. The molecule has 1 aromatic carbocycles. The van der Waals surface area contributed by atoms with Crippen LogP contribution in [0.4, 0.5) is 0 Å². The molecule has 1 aliphatic heterocycles. The third-order valence-corrected chi connectivity index (χ3v) is 2.29. The molecule has 14 heavy (non-hydrogen) atoms. The molecule has 1 aliphatic rings. The standard InChI is InChI=1S/C11H14N2O/c1-14-10(11-12-7-8-13-11)9-5-3-2-4-6-9/h2-6,10H,7-8H2,1H3,(H,12,13). The smallest absolute Gasteiger partial charge is 0.139 e. The van der Waals surface area contributed by atoms with Gasteiger partial charge >= 0.3 is 0 Å². The molecule has 0 saturated heterocycles. The van der Waals surface area contributed by atoms with E-state index in [1.165, 1.54) is 0 Å². The van der Waals surface area contributed by atoms with Gasteiger partial charge in [-0.3, -0.25) is 4.99 Å². The van der Waals surface area contributed by atoms with Gasteiger partial charge in [0.25, 0.3) is 0 Å². The Kier molecular flexibility index (Phi) is 2.79. The predicted octanol–water partition coefficient (Wildman–Crippen LogP) is 1.38. The molecule has 3 nitrogen and oxygen atoms in total. The van der Waals surface area contributed by atoms with E-state index in [0.29, 0.717) is 0 Å². The maximum Gasteiger partial charge on any atom is 0.139 e. The number of hydrogen-bond acceptors (Lipinski definition) is 3. The molecule has 0 aliphatic carbocycles. The monoisotopic (exact) mass is 190 g/mol. The second-order valence-corrected chi connectivity index (χ2v) is 3.22. The van der Waals surface area contributed by atoms with E-state index in [4.69, 9.17) is 4.74 Å². The minimum atomic E-state index is -0.0429. The van der Waals surface area contributed by atoms with Crippen molar-refractivity contribution in [2.24, 2.45) is 4.99 Å². The van der Waals surface area contributed by atoms with Crippen LogP contribution in [0.2, 0.25) is 0 Å². The molecule has 1 heterocycles. The van der Waals surface area contributed by atoms with Crippen LogP contribution < -0.4 is 5.32 Å². The molecule has 74 valence electrons. The first-order valence-corrected chi connectivity index (χ1v) is 4.78. The Bertz CT molecular complexity index is 321. The van der Waals surface area contributed by atoms with E-state index < -0.39 is 0 Å².